The predicted molar refractivity (Wildman–Crippen MR) is 110 cm³/mol. The SMILES string of the molecule is Cc1cc(N)nc(SCC(=O)NC(c2ccc3c(c2)OCCCO3)C(C)C)n1. The number of nitrogens with one attached hydrogen (secondary N) is 1. The van der Waals surface area contributed by atoms with Crippen LogP contribution in [0, 0.1) is 12.8 Å². The summed E-state index contributed by atoms with van der Waals surface area (Å²) in [7, 11) is 0. The molecule has 2 aromatic rings. The molecule has 0 aliphatic carbocycles. The zero-order chi connectivity index (χ0) is 20.1. The average Bonchev–Trinajstić information content (AvgIpc) is 2.88. The van der Waals surface area contributed by atoms with Gasteiger partial charge in [0.2, 0.25) is 5.91 Å². The van der Waals surface area contributed by atoms with Gasteiger partial charge in [-0.2, -0.15) is 0 Å². The summed E-state index contributed by atoms with van der Waals surface area (Å²) in [4.78, 5) is 21.0. The Balaban J connectivity index is 1.67. The Morgan fingerprint density at radius 2 is 1.96 bits per heavy atom. The lowest BCUT2D eigenvalue weighted by atomic mass is 9.95. The number of carbonyl (C=O) groups is 1. The molecule has 0 radical (unpaired) electrons. The van der Waals surface area contributed by atoms with E-state index in [4.69, 9.17) is 15.2 Å². The first-order valence-electron chi connectivity index (χ1n) is 9.35. The third kappa shape index (κ3) is 5.28. The van der Waals surface area contributed by atoms with Gasteiger partial charge in [-0.3, -0.25) is 4.79 Å². The molecule has 0 fully saturated rings. The van der Waals surface area contributed by atoms with Gasteiger partial charge in [-0.15, -0.1) is 0 Å². The number of benzene rings is 1. The van der Waals surface area contributed by atoms with Gasteiger partial charge in [0.1, 0.15) is 5.82 Å². The molecule has 1 aliphatic heterocycles. The number of fused-ring (bicyclic) bond motifs is 1. The normalized spacial score (nSPS) is 14.4. The minimum absolute atomic E-state index is 0.0838. The van der Waals surface area contributed by atoms with Crippen molar-refractivity contribution in [2.45, 2.75) is 38.4 Å². The smallest absolute Gasteiger partial charge is 0.230 e. The Hall–Kier alpha value is -2.48. The van der Waals surface area contributed by atoms with E-state index < -0.39 is 0 Å². The number of hydrogen-bond donors (Lipinski definition) is 2. The molecule has 1 aromatic carbocycles. The van der Waals surface area contributed by atoms with E-state index in [0.717, 1.165) is 29.2 Å². The number of nitrogens with two attached hydrogens (primary N) is 1. The van der Waals surface area contributed by atoms with Crippen LogP contribution in [0.4, 0.5) is 5.82 Å². The van der Waals surface area contributed by atoms with Gasteiger partial charge in [0, 0.05) is 18.2 Å². The van der Waals surface area contributed by atoms with Crippen LogP contribution in [0.15, 0.2) is 29.4 Å². The summed E-state index contributed by atoms with van der Waals surface area (Å²) < 4.78 is 11.5. The van der Waals surface area contributed by atoms with Gasteiger partial charge < -0.3 is 20.5 Å². The highest BCUT2D eigenvalue weighted by Gasteiger charge is 2.21. The van der Waals surface area contributed by atoms with Gasteiger partial charge in [-0.05, 0) is 30.5 Å². The molecular formula is C20H26N4O3S. The van der Waals surface area contributed by atoms with E-state index in [1.54, 1.807) is 6.07 Å². The molecule has 7 nitrogen and oxygen atoms in total. The van der Waals surface area contributed by atoms with Crippen LogP contribution in [0.2, 0.25) is 0 Å². The van der Waals surface area contributed by atoms with Crippen molar-refractivity contribution in [3.05, 3.63) is 35.5 Å². The van der Waals surface area contributed by atoms with Gasteiger partial charge >= 0.3 is 0 Å². The van der Waals surface area contributed by atoms with Gasteiger partial charge in [-0.25, -0.2) is 9.97 Å². The molecule has 8 heteroatoms. The van der Waals surface area contributed by atoms with Crippen molar-refractivity contribution in [3.8, 4) is 11.5 Å². The highest BCUT2D eigenvalue weighted by Crippen LogP contribution is 2.34. The second-order valence-corrected chi connectivity index (χ2v) is 7.99. The zero-order valence-corrected chi connectivity index (χ0v) is 17.2. The second kappa shape index (κ2) is 9.14. The minimum Gasteiger partial charge on any atom is -0.490 e. The number of hydrogen-bond acceptors (Lipinski definition) is 7. The van der Waals surface area contributed by atoms with E-state index in [0.29, 0.717) is 24.2 Å². The molecule has 2 heterocycles. The fourth-order valence-corrected chi connectivity index (χ4v) is 3.70. The molecule has 0 bridgehead atoms. The van der Waals surface area contributed by atoms with Crippen LogP contribution in [0.1, 0.15) is 37.6 Å². The maximum atomic E-state index is 12.5. The van der Waals surface area contributed by atoms with Gasteiger partial charge in [-0.1, -0.05) is 31.7 Å². The number of aryl methyl sites for hydroxylation is 1. The van der Waals surface area contributed by atoms with Crippen molar-refractivity contribution in [3.63, 3.8) is 0 Å². The molecule has 0 spiro atoms. The molecule has 0 saturated heterocycles. The van der Waals surface area contributed by atoms with E-state index >= 15 is 0 Å². The quantitative estimate of drug-likeness (QED) is 0.566. The van der Waals surface area contributed by atoms with Crippen molar-refractivity contribution >= 4 is 23.5 Å². The molecule has 1 unspecified atom stereocenters. The molecule has 0 saturated carbocycles. The molecule has 3 rings (SSSR count). The van der Waals surface area contributed by atoms with Crippen LogP contribution in [-0.4, -0.2) is 34.8 Å². The largest absolute Gasteiger partial charge is 0.490 e. The fourth-order valence-electron chi connectivity index (χ4n) is 2.98. The second-order valence-electron chi connectivity index (χ2n) is 7.05. The highest BCUT2D eigenvalue weighted by molar-refractivity contribution is 7.99. The first-order valence-corrected chi connectivity index (χ1v) is 10.3. The third-order valence-electron chi connectivity index (χ3n) is 4.30. The fraction of sp³-hybridized carbons (Fsp3) is 0.450. The van der Waals surface area contributed by atoms with E-state index in [9.17, 15) is 4.79 Å². The number of ether oxygens (including phenoxy) is 2. The Morgan fingerprint density at radius 3 is 2.68 bits per heavy atom. The molecular weight excluding hydrogens is 376 g/mol. The lowest BCUT2D eigenvalue weighted by molar-refractivity contribution is -0.119. The first-order chi connectivity index (χ1) is 13.4. The number of aromatic nitrogens is 2. The van der Waals surface area contributed by atoms with Crippen LogP contribution < -0.4 is 20.5 Å². The van der Waals surface area contributed by atoms with Crippen molar-refractivity contribution < 1.29 is 14.3 Å². The Labute approximate surface area is 169 Å². The van der Waals surface area contributed by atoms with E-state index in [-0.39, 0.29) is 23.6 Å². The maximum absolute atomic E-state index is 12.5. The Morgan fingerprint density at radius 1 is 1.21 bits per heavy atom. The molecule has 1 aromatic heterocycles. The predicted octanol–water partition coefficient (Wildman–Crippen LogP) is 3.13. The summed E-state index contributed by atoms with van der Waals surface area (Å²) in [5.41, 5.74) is 7.52. The Kier molecular flexibility index (Phi) is 6.61. The van der Waals surface area contributed by atoms with Crippen molar-refractivity contribution in [1.29, 1.82) is 0 Å². The number of rotatable bonds is 6. The van der Waals surface area contributed by atoms with Gasteiger partial charge in [0.25, 0.3) is 0 Å². The average molecular weight is 403 g/mol. The molecule has 150 valence electrons. The monoisotopic (exact) mass is 402 g/mol. The standard InChI is InChI=1S/C20H26N4O3S/c1-12(2)19(14-5-6-15-16(10-14)27-8-4-7-26-15)24-18(25)11-28-20-22-13(3)9-17(21)23-20/h5-6,9-10,12,19H,4,7-8,11H2,1-3H3,(H,24,25)(H2,21,22,23). The van der Waals surface area contributed by atoms with Crippen LogP contribution in [-0.2, 0) is 4.79 Å². The summed E-state index contributed by atoms with van der Waals surface area (Å²) in [6.07, 6.45) is 0.858. The number of anilines is 1. The van der Waals surface area contributed by atoms with E-state index in [2.05, 4.69) is 29.1 Å². The number of carbonyl (C=O) groups excluding carboxylic acids is 1. The maximum Gasteiger partial charge on any atom is 0.230 e. The van der Waals surface area contributed by atoms with Crippen LogP contribution in [0.5, 0.6) is 11.5 Å². The number of thioether (sulfide) groups is 1. The van der Waals surface area contributed by atoms with E-state index in [1.165, 1.54) is 11.8 Å². The molecule has 1 amide bonds. The number of nitrogen functional groups attached to an aromatic ring is 1. The third-order valence-corrected chi connectivity index (χ3v) is 5.15. The number of amides is 1. The minimum atomic E-state index is -0.131. The summed E-state index contributed by atoms with van der Waals surface area (Å²) >= 11 is 1.27. The molecule has 3 N–H and O–H groups in total. The van der Waals surface area contributed by atoms with Crippen molar-refractivity contribution in [2.75, 3.05) is 24.7 Å². The summed E-state index contributed by atoms with van der Waals surface area (Å²) in [5.74, 6) is 2.23. The molecule has 28 heavy (non-hydrogen) atoms. The van der Waals surface area contributed by atoms with E-state index in [1.807, 2.05) is 25.1 Å². The Bertz CT molecular complexity index is 824. The number of nitrogens with zero attached hydrogens (tertiary/aromatic N) is 2. The van der Waals surface area contributed by atoms with Gasteiger partial charge in [0.05, 0.1) is 25.0 Å². The van der Waals surface area contributed by atoms with Crippen LogP contribution in [0.3, 0.4) is 0 Å². The molecule has 1 atom stereocenters. The summed E-state index contributed by atoms with van der Waals surface area (Å²) in [5, 5.41) is 3.62. The van der Waals surface area contributed by atoms with Crippen molar-refractivity contribution in [2.24, 2.45) is 5.92 Å². The summed E-state index contributed by atoms with van der Waals surface area (Å²) in [6, 6.07) is 7.42. The summed E-state index contributed by atoms with van der Waals surface area (Å²) in [6.45, 7) is 7.28. The van der Waals surface area contributed by atoms with Gasteiger partial charge in [0.15, 0.2) is 16.7 Å². The highest BCUT2D eigenvalue weighted by atomic mass is 32.2. The topological polar surface area (TPSA) is 99.4 Å². The molecule has 1 aliphatic rings. The van der Waals surface area contributed by atoms with Crippen molar-refractivity contribution in [1.82, 2.24) is 15.3 Å². The lowest BCUT2D eigenvalue weighted by Crippen LogP contribution is -2.33. The van der Waals surface area contributed by atoms with Crippen LogP contribution >= 0.6 is 11.8 Å². The zero-order valence-electron chi connectivity index (χ0n) is 16.4. The lowest BCUT2D eigenvalue weighted by Gasteiger charge is -2.23. The van der Waals surface area contributed by atoms with Crippen LogP contribution in [0.25, 0.3) is 0 Å². The first kappa shape index (κ1) is 20.3.